The summed E-state index contributed by atoms with van der Waals surface area (Å²) in [6.45, 7) is 3.80. The summed E-state index contributed by atoms with van der Waals surface area (Å²) >= 11 is 6.03. The van der Waals surface area contributed by atoms with Crippen LogP contribution in [0.5, 0.6) is 5.75 Å². The Kier molecular flexibility index (Phi) is 5.49. The molecule has 23 heavy (non-hydrogen) atoms. The summed E-state index contributed by atoms with van der Waals surface area (Å²) in [6.07, 6.45) is 0.115. The van der Waals surface area contributed by atoms with Gasteiger partial charge in [0.05, 0.1) is 18.2 Å². The molecule has 4 unspecified atom stereocenters. The molecule has 1 aliphatic heterocycles. The molecular formula is C16H20ClNO5. The molecule has 2 rings (SSSR count). The van der Waals surface area contributed by atoms with Gasteiger partial charge in [-0.05, 0) is 37.0 Å². The van der Waals surface area contributed by atoms with Crippen LogP contribution in [0.4, 0.5) is 0 Å². The molecule has 0 bridgehead atoms. The SMILES string of the molecule is COc1ccc(C(NC(=O)C2OC(C)CC2C)C(=O)O)cc1Cl. The number of halogens is 1. The molecule has 2 N–H and O–H groups in total. The largest absolute Gasteiger partial charge is 0.495 e. The van der Waals surface area contributed by atoms with E-state index < -0.39 is 24.0 Å². The van der Waals surface area contributed by atoms with E-state index in [1.165, 1.54) is 13.2 Å². The Bertz CT molecular complexity index is 606. The van der Waals surface area contributed by atoms with Gasteiger partial charge in [0.15, 0.2) is 6.04 Å². The Hall–Kier alpha value is -1.79. The van der Waals surface area contributed by atoms with E-state index in [0.717, 1.165) is 6.42 Å². The predicted molar refractivity (Wildman–Crippen MR) is 84.6 cm³/mol. The van der Waals surface area contributed by atoms with E-state index in [1.54, 1.807) is 12.1 Å². The fraction of sp³-hybridized carbons (Fsp3) is 0.500. The van der Waals surface area contributed by atoms with Crippen LogP contribution in [0.15, 0.2) is 18.2 Å². The highest BCUT2D eigenvalue weighted by molar-refractivity contribution is 6.32. The minimum Gasteiger partial charge on any atom is -0.495 e. The molecule has 1 aliphatic rings. The number of hydrogen-bond donors (Lipinski definition) is 2. The van der Waals surface area contributed by atoms with Crippen molar-refractivity contribution in [2.24, 2.45) is 5.92 Å². The molecule has 1 heterocycles. The third kappa shape index (κ3) is 3.95. The van der Waals surface area contributed by atoms with Crippen molar-refractivity contribution in [1.82, 2.24) is 5.32 Å². The molecule has 1 fully saturated rings. The van der Waals surface area contributed by atoms with Crippen molar-refractivity contribution in [1.29, 1.82) is 0 Å². The molecule has 4 atom stereocenters. The minimum absolute atomic E-state index is 0.0144. The monoisotopic (exact) mass is 341 g/mol. The number of carboxylic acids is 1. The lowest BCUT2D eigenvalue weighted by atomic mass is 10.0. The van der Waals surface area contributed by atoms with Gasteiger partial charge in [0, 0.05) is 0 Å². The highest BCUT2D eigenvalue weighted by Crippen LogP contribution is 2.29. The molecule has 0 saturated carbocycles. The number of hydrogen-bond acceptors (Lipinski definition) is 4. The van der Waals surface area contributed by atoms with E-state index in [2.05, 4.69) is 5.32 Å². The molecule has 0 aliphatic carbocycles. The summed E-state index contributed by atoms with van der Waals surface area (Å²) in [5.41, 5.74) is 0.371. The molecule has 1 amide bonds. The predicted octanol–water partition coefficient (Wildman–Crippen LogP) is 2.40. The zero-order valence-corrected chi connectivity index (χ0v) is 14.0. The Labute approximate surface area is 139 Å². The van der Waals surface area contributed by atoms with Gasteiger partial charge in [0.25, 0.3) is 0 Å². The maximum atomic E-state index is 12.3. The van der Waals surface area contributed by atoms with Crippen LogP contribution in [-0.4, -0.2) is 36.3 Å². The van der Waals surface area contributed by atoms with Gasteiger partial charge in [-0.15, -0.1) is 0 Å². The fourth-order valence-corrected chi connectivity index (χ4v) is 3.05. The summed E-state index contributed by atoms with van der Waals surface area (Å²) in [5, 5.41) is 12.2. The summed E-state index contributed by atoms with van der Waals surface area (Å²) in [7, 11) is 1.47. The van der Waals surface area contributed by atoms with Gasteiger partial charge in [0.1, 0.15) is 11.9 Å². The van der Waals surface area contributed by atoms with E-state index in [0.29, 0.717) is 11.3 Å². The lowest BCUT2D eigenvalue weighted by Crippen LogP contribution is -2.42. The number of methoxy groups -OCH3 is 1. The maximum absolute atomic E-state index is 12.3. The van der Waals surface area contributed by atoms with Gasteiger partial charge in [0.2, 0.25) is 5.91 Å². The number of benzene rings is 1. The molecule has 7 heteroatoms. The van der Waals surface area contributed by atoms with Crippen LogP contribution in [0.25, 0.3) is 0 Å². The second-order valence-electron chi connectivity index (χ2n) is 5.75. The molecule has 1 aromatic carbocycles. The van der Waals surface area contributed by atoms with Gasteiger partial charge in [-0.2, -0.15) is 0 Å². The number of amides is 1. The van der Waals surface area contributed by atoms with E-state index in [1.807, 2.05) is 13.8 Å². The molecule has 1 saturated heterocycles. The molecule has 0 spiro atoms. The normalized spacial score (nSPS) is 25.0. The first-order chi connectivity index (χ1) is 10.8. The third-order valence-corrected chi connectivity index (χ3v) is 4.20. The molecular weight excluding hydrogens is 322 g/mol. The van der Waals surface area contributed by atoms with Crippen LogP contribution in [0.2, 0.25) is 5.02 Å². The smallest absolute Gasteiger partial charge is 0.330 e. The van der Waals surface area contributed by atoms with Crippen LogP contribution in [0.3, 0.4) is 0 Å². The van der Waals surface area contributed by atoms with Crippen LogP contribution >= 0.6 is 11.6 Å². The Morgan fingerprint density at radius 2 is 2.13 bits per heavy atom. The number of carbonyl (C=O) groups is 2. The molecule has 0 aromatic heterocycles. The molecule has 1 aromatic rings. The summed E-state index contributed by atoms with van der Waals surface area (Å²) in [4.78, 5) is 23.9. The Morgan fingerprint density at radius 3 is 2.61 bits per heavy atom. The number of nitrogens with one attached hydrogen (secondary N) is 1. The van der Waals surface area contributed by atoms with Crippen molar-refractivity contribution in [3.8, 4) is 5.75 Å². The van der Waals surface area contributed by atoms with E-state index in [4.69, 9.17) is 21.1 Å². The van der Waals surface area contributed by atoms with Crippen LogP contribution < -0.4 is 10.1 Å². The Balaban J connectivity index is 2.17. The number of aliphatic carboxylic acids is 1. The van der Waals surface area contributed by atoms with E-state index >= 15 is 0 Å². The highest BCUT2D eigenvalue weighted by atomic mass is 35.5. The van der Waals surface area contributed by atoms with Gasteiger partial charge in [-0.3, -0.25) is 4.79 Å². The number of rotatable bonds is 5. The molecule has 126 valence electrons. The molecule has 6 nitrogen and oxygen atoms in total. The van der Waals surface area contributed by atoms with Crippen LogP contribution in [-0.2, 0) is 14.3 Å². The first kappa shape index (κ1) is 17.6. The van der Waals surface area contributed by atoms with Crippen LogP contribution in [0.1, 0.15) is 31.9 Å². The summed E-state index contributed by atoms with van der Waals surface area (Å²) in [5.74, 6) is -1.12. The zero-order chi connectivity index (χ0) is 17.1. The van der Waals surface area contributed by atoms with Crippen molar-refractivity contribution >= 4 is 23.5 Å². The number of carbonyl (C=O) groups excluding carboxylic acids is 1. The lowest BCUT2D eigenvalue weighted by molar-refractivity contribution is -0.144. The lowest BCUT2D eigenvalue weighted by Gasteiger charge is -2.20. The van der Waals surface area contributed by atoms with Gasteiger partial charge >= 0.3 is 5.97 Å². The second kappa shape index (κ2) is 7.19. The van der Waals surface area contributed by atoms with Crippen molar-refractivity contribution in [2.75, 3.05) is 7.11 Å². The van der Waals surface area contributed by atoms with Crippen molar-refractivity contribution in [3.63, 3.8) is 0 Å². The quantitative estimate of drug-likeness (QED) is 0.859. The van der Waals surface area contributed by atoms with Gasteiger partial charge in [-0.1, -0.05) is 24.6 Å². The van der Waals surface area contributed by atoms with Crippen molar-refractivity contribution in [3.05, 3.63) is 28.8 Å². The van der Waals surface area contributed by atoms with Gasteiger partial charge < -0.3 is 19.9 Å². The topological polar surface area (TPSA) is 84.9 Å². The molecule has 0 radical (unpaired) electrons. The van der Waals surface area contributed by atoms with Gasteiger partial charge in [-0.25, -0.2) is 4.79 Å². The van der Waals surface area contributed by atoms with Crippen molar-refractivity contribution < 1.29 is 24.2 Å². The third-order valence-electron chi connectivity index (χ3n) is 3.90. The summed E-state index contributed by atoms with van der Waals surface area (Å²) < 4.78 is 10.6. The minimum atomic E-state index is -1.20. The Morgan fingerprint density at radius 1 is 1.43 bits per heavy atom. The van der Waals surface area contributed by atoms with Crippen LogP contribution in [0, 0.1) is 5.92 Å². The average Bonchev–Trinajstić information content (AvgIpc) is 2.83. The number of carboxylic acid groups (broad SMARTS) is 1. The second-order valence-corrected chi connectivity index (χ2v) is 6.16. The standard InChI is InChI=1S/C16H20ClNO5/c1-8-6-9(2)23-14(8)15(19)18-13(16(20)21)10-4-5-12(22-3)11(17)7-10/h4-5,7-9,13-14H,6H2,1-3H3,(H,18,19)(H,20,21). The number of ether oxygens (including phenoxy) is 2. The highest BCUT2D eigenvalue weighted by Gasteiger charge is 2.37. The van der Waals surface area contributed by atoms with E-state index in [-0.39, 0.29) is 17.0 Å². The first-order valence-corrected chi connectivity index (χ1v) is 7.73. The summed E-state index contributed by atoms with van der Waals surface area (Å²) in [6, 6.07) is 3.40. The average molecular weight is 342 g/mol. The first-order valence-electron chi connectivity index (χ1n) is 7.35. The maximum Gasteiger partial charge on any atom is 0.330 e. The van der Waals surface area contributed by atoms with Crippen molar-refractivity contribution in [2.45, 2.75) is 38.5 Å². The fourth-order valence-electron chi connectivity index (χ4n) is 2.78. The zero-order valence-electron chi connectivity index (χ0n) is 13.2. The van der Waals surface area contributed by atoms with E-state index in [9.17, 15) is 14.7 Å².